The molecule has 15 N–H and O–H groups in total. The van der Waals surface area contributed by atoms with E-state index < -0.39 is 154 Å². The molecule has 0 aliphatic carbocycles. The second-order valence-electron chi connectivity index (χ2n) is 12.5. The Hall–Kier alpha value is -2.91. The first-order chi connectivity index (χ1) is 28.0. The fraction of sp³-hybridized carbons (Fsp3) is 0.586. The number of carbonyl (C=O) groups excluding carboxylic acids is 4. The summed E-state index contributed by atoms with van der Waals surface area (Å²) in [6.07, 6.45) is -7.86. The van der Waals surface area contributed by atoms with Crippen molar-refractivity contribution in [3.05, 3.63) is 33.1 Å². The van der Waals surface area contributed by atoms with Crippen LogP contribution in [0.1, 0.15) is 31.9 Å². The van der Waals surface area contributed by atoms with E-state index in [9.17, 15) is 72.7 Å². The third kappa shape index (κ3) is 21.2. The zero-order valence-corrected chi connectivity index (χ0v) is 39.4. The summed E-state index contributed by atoms with van der Waals surface area (Å²) < 4.78 is 23.7. The van der Waals surface area contributed by atoms with Gasteiger partial charge >= 0.3 is 96.4 Å². The Bertz CT molecular complexity index is 1910. The van der Waals surface area contributed by atoms with Gasteiger partial charge in [0.25, 0.3) is 5.56 Å². The van der Waals surface area contributed by atoms with E-state index in [2.05, 4.69) is 16.0 Å². The fourth-order valence-electron chi connectivity index (χ4n) is 4.76. The number of carboxylic acids is 4. The molecule has 1 aliphatic rings. The van der Waals surface area contributed by atoms with E-state index in [-0.39, 0.29) is 77.0 Å². The maximum absolute atomic E-state index is 12.9. The van der Waals surface area contributed by atoms with Crippen LogP contribution in [0.15, 0.2) is 21.9 Å². The van der Waals surface area contributed by atoms with Crippen LogP contribution in [0.5, 0.6) is 0 Å². The number of hydrogen-bond acceptors (Lipinski definition) is 18. The number of aliphatic carboxylic acids is 4. The molecule has 9 atom stereocenters. The molecule has 0 bridgehead atoms. The molecular formula is C29H43N8Na2O20PS2+2. The van der Waals surface area contributed by atoms with E-state index in [1.165, 1.54) is 0 Å². The van der Waals surface area contributed by atoms with Crippen molar-refractivity contribution >= 4 is 76.8 Å². The van der Waals surface area contributed by atoms with Crippen molar-refractivity contribution < 1.29 is 147 Å². The Morgan fingerprint density at radius 1 is 0.823 bits per heavy atom. The summed E-state index contributed by atoms with van der Waals surface area (Å²) in [7, 11) is -3.43. The molecule has 0 saturated carbocycles. The Morgan fingerprint density at radius 3 is 1.77 bits per heavy atom. The van der Waals surface area contributed by atoms with Crippen molar-refractivity contribution in [3.8, 4) is 0 Å². The third-order valence-corrected chi connectivity index (χ3v) is 11.4. The second-order valence-corrected chi connectivity index (χ2v) is 16.6. The number of amides is 4. The number of nitrogens with zero attached hydrogens (tertiary/aromatic N) is 1. The zero-order chi connectivity index (χ0) is 45.3. The van der Waals surface area contributed by atoms with Crippen LogP contribution in [-0.4, -0.2) is 166 Å². The number of ether oxygens (including phenoxy) is 1. The van der Waals surface area contributed by atoms with Gasteiger partial charge in [-0.05, 0) is 12.8 Å². The maximum atomic E-state index is 12.9. The van der Waals surface area contributed by atoms with Gasteiger partial charge in [0.15, 0.2) is 6.23 Å². The third-order valence-electron chi connectivity index (χ3n) is 7.84. The molecule has 62 heavy (non-hydrogen) atoms. The minimum absolute atomic E-state index is 0. The standard InChI is InChI=1S/C29H43N8O20PS2.2Na/c30-12(27(49)50)1-3-17(38)33-14(24(47)31-7-20(41)42)10-59-60-11-15(25(48)32-8-21(43)44)34-18(39)4-2-13(28(51)52)36-58(54,55)56-9-16-22(45)23(46)26(57-16)37-6-5-19(40)35-29(37)53;;/h5-6,12-16,22-23,26,45-46H,1-4,7-11,30H2,(H,31,47)(H,32,48)(H,33,38)(H,34,39)(H,41,42)(H,43,44)(H,49,50)(H,51,52)(H,35,40,53)(H2,36,54,55);;/q;2*+1/t12?,13?,14-,15-,16?,22-,23-,26-;;/m0../s1. The molecule has 1 saturated heterocycles. The monoisotopic (exact) mass is 964 g/mol. The Kier molecular flexibility index (Phi) is 27.4. The van der Waals surface area contributed by atoms with Crippen molar-refractivity contribution in [1.29, 1.82) is 0 Å². The van der Waals surface area contributed by atoms with Crippen LogP contribution in [0, 0.1) is 0 Å². The van der Waals surface area contributed by atoms with Gasteiger partial charge in [-0.15, -0.1) is 0 Å². The van der Waals surface area contributed by atoms with Crippen molar-refractivity contribution in [3.63, 3.8) is 0 Å². The first-order valence-electron chi connectivity index (χ1n) is 17.1. The number of nitrogens with one attached hydrogen (secondary N) is 6. The number of H-pyrrole nitrogens is 1. The topological polar surface area (TPSA) is 455 Å². The van der Waals surface area contributed by atoms with Crippen LogP contribution < -0.4 is 102 Å². The largest absolute Gasteiger partial charge is 1.00 e. The number of aromatic nitrogens is 2. The van der Waals surface area contributed by atoms with Gasteiger partial charge in [-0.2, -0.15) is 0 Å². The number of hydrogen-bond donors (Lipinski definition) is 14. The van der Waals surface area contributed by atoms with Gasteiger partial charge in [-0.1, -0.05) is 21.6 Å². The summed E-state index contributed by atoms with van der Waals surface area (Å²) in [5, 5.41) is 67.6. The molecule has 0 radical (unpaired) electrons. The minimum Gasteiger partial charge on any atom is -0.480 e. The molecule has 0 aromatic carbocycles. The Labute approximate surface area is 401 Å². The molecular weight excluding hydrogens is 921 g/mol. The van der Waals surface area contributed by atoms with Crippen molar-refractivity contribution in [1.82, 2.24) is 35.9 Å². The van der Waals surface area contributed by atoms with Crippen molar-refractivity contribution in [2.45, 2.75) is 74.4 Å². The van der Waals surface area contributed by atoms with Crippen LogP contribution in [-0.2, 0) is 52.2 Å². The summed E-state index contributed by atoms with van der Waals surface area (Å²) in [5.41, 5.74) is 3.60. The van der Waals surface area contributed by atoms with Crippen molar-refractivity contribution in [2.24, 2.45) is 5.73 Å². The average Bonchev–Trinajstić information content (AvgIpc) is 3.44. The molecule has 2 rings (SSSR count). The molecule has 28 nitrogen and oxygen atoms in total. The fourth-order valence-corrected chi connectivity index (χ4v) is 8.15. The molecule has 33 heteroatoms. The molecule has 2 heterocycles. The van der Waals surface area contributed by atoms with Gasteiger partial charge in [0.1, 0.15) is 55.6 Å². The van der Waals surface area contributed by atoms with E-state index in [0.717, 1.165) is 38.4 Å². The number of nitrogens with two attached hydrogens (primary N) is 1. The van der Waals surface area contributed by atoms with Crippen LogP contribution in [0.25, 0.3) is 0 Å². The van der Waals surface area contributed by atoms with Gasteiger partial charge in [0.05, 0.1) is 6.61 Å². The number of carbonyl (C=O) groups is 8. The van der Waals surface area contributed by atoms with E-state index in [0.29, 0.717) is 0 Å². The smallest absolute Gasteiger partial charge is 0.480 e. The number of rotatable bonds is 27. The molecule has 4 unspecified atom stereocenters. The normalized spacial score (nSPS) is 19.7. The van der Waals surface area contributed by atoms with Crippen LogP contribution >= 0.6 is 29.3 Å². The number of aliphatic hydroxyl groups excluding tert-OH is 2. The zero-order valence-electron chi connectivity index (χ0n) is 32.9. The predicted octanol–water partition coefficient (Wildman–Crippen LogP) is -12.0. The van der Waals surface area contributed by atoms with Crippen LogP contribution in [0.2, 0.25) is 0 Å². The molecule has 1 aromatic rings. The van der Waals surface area contributed by atoms with Gasteiger partial charge < -0.3 is 67.3 Å². The second kappa shape index (κ2) is 28.8. The van der Waals surface area contributed by atoms with Gasteiger partial charge in [0, 0.05) is 36.6 Å². The number of aromatic amines is 1. The quantitative estimate of drug-likeness (QED) is 0.0168. The predicted molar refractivity (Wildman–Crippen MR) is 202 cm³/mol. The van der Waals surface area contributed by atoms with Gasteiger partial charge in [-0.3, -0.25) is 57.2 Å². The average molecular weight is 965 g/mol. The maximum Gasteiger partial charge on any atom is 1.00 e. The van der Waals surface area contributed by atoms with Gasteiger partial charge in [0.2, 0.25) is 23.6 Å². The summed E-state index contributed by atoms with van der Waals surface area (Å²) in [5.74, 6) is -10.4. The van der Waals surface area contributed by atoms with Crippen LogP contribution in [0.4, 0.5) is 0 Å². The first-order valence-corrected chi connectivity index (χ1v) is 21.2. The minimum atomic E-state index is -5.09. The Balaban J connectivity index is 0.0000186. The molecule has 1 fully saturated rings. The van der Waals surface area contributed by atoms with Crippen LogP contribution in [0.3, 0.4) is 0 Å². The van der Waals surface area contributed by atoms with E-state index >= 15 is 0 Å². The van der Waals surface area contributed by atoms with Gasteiger partial charge in [-0.25, -0.2) is 14.4 Å². The SMILES string of the molecule is NC(CCC(=O)N[C@@H](CSSC[C@H](NC(=O)CCC(NP(=O)(O)OCC1O[C@H](n2ccc(=O)[nH]c2=O)[C@@H](O)[C@H]1O)C(=O)O)C(=O)NCC(=O)O)C(=O)NCC(=O)O)C(=O)O.[Na+].[Na+]. The summed E-state index contributed by atoms with van der Waals surface area (Å²) >= 11 is 0. The molecule has 1 aromatic heterocycles. The first kappa shape index (κ1) is 59.1. The summed E-state index contributed by atoms with van der Waals surface area (Å²) in [4.78, 5) is 131. The molecule has 336 valence electrons. The number of aliphatic hydroxyl groups is 2. The van der Waals surface area contributed by atoms with E-state index in [1.807, 2.05) is 15.4 Å². The summed E-state index contributed by atoms with van der Waals surface area (Å²) in [6, 6.07) is -5.31. The Morgan fingerprint density at radius 2 is 1.32 bits per heavy atom. The molecule has 1 aliphatic heterocycles. The number of carboxylic acid groups (broad SMARTS) is 4. The van der Waals surface area contributed by atoms with Crippen molar-refractivity contribution in [2.75, 3.05) is 31.2 Å². The molecule has 4 amide bonds. The molecule has 0 spiro atoms. The summed E-state index contributed by atoms with van der Waals surface area (Å²) in [6.45, 7) is -2.63. The van der Waals surface area contributed by atoms with E-state index in [4.69, 9.17) is 30.3 Å². The van der Waals surface area contributed by atoms with E-state index in [1.54, 1.807) is 0 Å².